The smallest absolute Gasteiger partial charge is 0.407 e. The van der Waals surface area contributed by atoms with Crippen molar-refractivity contribution in [1.29, 1.82) is 0 Å². The third-order valence-corrected chi connectivity index (χ3v) is 12.8. The predicted octanol–water partition coefficient (Wildman–Crippen LogP) is 3.87. The number of esters is 1. The number of nitrogens with two attached hydrogens (primary N) is 1. The predicted molar refractivity (Wildman–Crippen MR) is 226 cm³/mol. The van der Waals surface area contributed by atoms with E-state index in [2.05, 4.69) is 11.9 Å². The van der Waals surface area contributed by atoms with Crippen LogP contribution >= 0.6 is 0 Å². The number of carbonyl (C=O) groups is 3. The first-order valence-electron chi connectivity index (χ1n) is 21.3. The quantitative estimate of drug-likeness (QED) is 0.167. The molecule has 0 radical (unpaired) electrons. The molecule has 3 aliphatic heterocycles. The largest absolute Gasteiger partial charge is 0.496 e. The van der Waals surface area contributed by atoms with Crippen molar-refractivity contribution < 1.29 is 62.9 Å². The topological polar surface area (TPSA) is 218 Å². The molecule has 1 aromatic carbocycles. The molecule has 3 heterocycles. The Labute approximate surface area is 361 Å². The molecule has 0 saturated carbocycles. The Morgan fingerprint density at radius 1 is 1.08 bits per heavy atom. The number of cyclic esters (lactones) is 1. The molecule has 16 heteroatoms. The van der Waals surface area contributed by atoms with E-state index >= 15 is 0 Å². The Bertz CT molecular complexity index is 1720. The summed E-state index contributed by atoms with van der Waals surface area (Å²) in [6.45, 7) is 18.6. The molecule has 3 fully saturated rings. The minimum absolute atomic E-state index is 0.00995. The molecular formula is C45H71N3O13. The van der Waals surface area contributed by atoms with Crippen LogP contribution in [-0.4, -0.2) is 139 Å². The number of nitrogens with zero attached hydrogens (tertiary/aromatic N) is 1. The number of methoxy groups -OCH3 is 1. The minimum atomic E-state index is -1.75. The van der Waals surface area contributed by atoms with E-state index in [-0.39, 0.29) is 68.6 Å². The van der Waals surface area contributed by atoms with Crippen molar-refractivity contribution in [2.75, 3.05) is 41.0 Å². The molecule has 344 valence electrons. The first kappa shape index (κ1) is 50.0. The molecule has 0 aromatic heterocycles. The van der Waals surface area contributed by atoms with Crippen LogP contribution in [-0.2, 0) is 39.8 Å². The fraction of sp³-hybridized carbons (Fsp3) is 0.711. The van der Waals surface area contributed by atoms with Gasteiger partial charge in [0.1, 0.15) is 30.2 Å². The number of alkyl carbamates (subject to hydrolysis) is 1. The van der Waals surface area contributed by atoms with E-state index in [1.807, 2.05) is 46.7 Å². The average molecular weight is 862 g/mol. The van der Waals surface area contributed by atoms with Crippen LogP contribution in [0.3, 0.4) is 0 Å². The number of likely N-dealkylation sites (N-methyl/N-ethyl adjacent to an activating group) is 1. The lowest BCUT2D eigenvalue weighted by atomic mass is 9.72. The zero-order valence-electron chi connectivity index (χ0n) is 37.8. The van der Waals surface area contributed by atoms with E-state index in [0.717, 1.165) is 5.57 Å². The summed E-state index contributed by atoms with van der Waals surface area (Å²) < 4.78 is 43.4. The van der Waals surface area contributed by atoms with Gasteiger partial charge in [-0.25, -0.2) is 4.79 Å². The standard InChI is InChI=1S/C45H71N3O13/c1-13-35-45(9,54)39-27(5)31(16-17-56-43(53)47-21-30-14-15-32(40(46)51)34(19-30)55-12)25(3)20-44(8,58-23-24(2)22-57-39)38(28(6)36(49)29(7)41(52)60-35)61-42-37(50)33(48(10)11)18-26(4)59-42/h14-16,19,25-29,33,35-39,42,49-50,54H,2,13,17-18,20-23H2,1,3-12H3,(H2,46,51)(H,47,53)/b31-16+/t25-,26-,27+,28+,29-,33+,35-,36+,37-,38-,39?,42?,44-,45-/m1/s1. The summed E-state index contributed by atoms with van der Waals surface area (Å²) in [5.74, 6) is -3.83. The highest BCUT2D eigenvalue weighted by molar-refractivity contribution is 5.95. The summed E-state index contributed by atoms with van der Waals surface area (Å²) in [5, 5.41) is 38.8. The van der Waals surface area contributed by atoms with Crippen molar-refractivity contribution in [2.45, 2.75) is 141 Å². The second kappa shape index (κ2) is 21.2. The minimum Gasteiger partial charge on any atom is -0.496 e. The van der Waals surface area contributed by atoms with Gasteiger partial charge in [0.25, 0.3) is 5.91 Å². The summed E-state index contributed by atoms with van der Waals surface area (Å²) in [7, 11) is 5.18. The lowest BCUT2D eigenvalue weighted by Crippen LogP contribution is -2.60. The van der Waals surface area contributed by atoms with Gasteiger partial charge in [-0.05, 0) is 96.3 Å². The molecule has 3 aliphatic rings. The van der Waals surface area contributed by atoms with Gasteiger partial charge in [-0.2, -0.15) is 0 Å². The van der Waals surface area contributed by atoms with Gasteiger partial charge < -0.3 is 64.4 Å². The van der Waals surface area contributed by atoms with Gasteiger partial charge in [0, 0.05) is 24.4 Å². The third kappa shape index (κ3) is 11.9. The normalized spacial score (nSPS) is 37.5. The van der Waals surface area contributed by atoms with Crippen LogP contribution in [0.5, 0.6) is 5.75 Å². The molecule has 0 spiro atoms. The van der Waals surface area contributed by atoms with Crippen molar-refractivity contribution >= 4 is 18.0 Å². The fourth-order valence-corrected chi connectivity index (χ4v) is 9.26. The van der Waals surface area contributed by atoms with E-state index in [4.69, 9.17) is 38.9 Å². The average Bonchev–Trinajstić information content (AvgIpc) is 3.22. The maximum atomic E-state index is 13.9. The molecule has 4 rings (SSSR count). The number of hydrogen-bond donors (Lipinski definition) is 5. The number of amides is 2. The summed E-state index contributed by atoms with van der Waals surface area (Å²) in [6.07, 6.45) is -4.57. The van der Waals surface area contributed by atoms with Crippen molar-refractivity contribution in [1.82, 2.24) is 10.2 Å². The maximum absolute atomic E-state index is 13.9. The molecule has 14 atom stereocenters. The lowest BCUT2D eigenvalue weighted by Gasteiger charge is -2.48. The van der Waals surface area contributed by atoms with Gasteiger partial charge in [0.15, 0.2) is 6.29 Å². The maximum Gasteiger partial charge on any atom is 0.407 e. The van der Waals surface area contributed by atoms with E-state index in [1.54, 1.807) is 45.9 Å². The van der Waals surface area contributed by atoms with Crippen LogP contribution in [0, 0.1) is 23.7 Å². The Balaban J connectivity index is 1.78. The highest BCUT2D eigenvalue weighted by Crippen LogP contribution is 2.43. The van der Waals surface area contributed by atoms with Crippen molar-refractivity contribution in [3.05, 3.63) is 53.1 Å². The number of rotatable bonds is 10. The third-order valence-electron chi connectivity index (χ3n) is 12.8. The van der Waals surface area contributed by atoms with Crippen molar-refractivity contribution in [3.63, 3.8) is 0 Å². The summed E-state index contributed by atoms with van der Waals surface area (Å²) >= 11 is 0. The molecule has 2 unspecified atom stereocenters. The van der Waals surface area contributed by atoms with Crippen LogP contribution in [0.15, 0.2) is 42.0 Å². The highest BCUT2D eigenvalue weighted by Gasteiger charge is 2.52. The van der Waals surface area contributed by atoms with Crippen LogP contribution in [0.1, 0.15) is 90.6 Å². The molecule has 0 aliphatic carbocycles. The molecule has 2 amide bonds. The molecule has 16 nitrogen and oxygen atoms in total. The summed E-state index contributed by atoms with van der Waals surface area (Å²) in [4.78, 5) is 40.6. The van der Waals surface area contributed by atoms with Gasteiger partial charge in [-0.1, -0.05) is 45.9 Å². The van der Waals surface area contributed by atoms with Gasteiger partial charge in [-0.3, -0.25) is 9.59 Å². The van der Waals surface area contributed by atoms with E-state index in [1.165, 1.54) is 13.2 Å². The molecule has 3 saturated heterocycles. The summed E-state index contributed by atoms with van der Waals surface area (Å²) in [5.41, 5.74) is 4.64. The van der Waals surface area contributed by atoms with Gasteiger partial charge >= 0.3 is 12.1 Å². The zero-order chi connectivity index (χ0) is 45.6. The highest BCUT2D eigenvalue weighted by atomic mass is 16.7. The SMILES string of the molecule is C=C1COC2[C@@H](C)/C(=C/COC(=O)NCc3ccc(C(N)=O)c(OC)c3)[C@H](C)C[C@@](C)(OC1)[C@H](OC1O[C@H](C)C[C@H](N(C)C)[C@H]1O)[C@@H](C)[C@H](O)[C@@H](C)C(=O)O[C@H](CC)[C@@]2(C)O. The molecular weight excluding hydrogens is 791 g/mol. The number of benzene rings is 1. The molecule has 6 N–H and O–H groups in total. The number of aliphatic hydroxyl groups is 3. The molecule has 61 heavy (non-hydrogen) atoms. The van der Waals surface area contributed by atoms with Crippen LogP contribution in [0.2, 0.25) is 0 Å². The Morgan fingerprint density at radius 2 is 1.77 bits per heavy atom. The zero-order valence-corrected chi connectivity index (χ0v) is 37.8. The number of hydrogen-bond acceptors (Lipinski definition) is 14. The van der Waals surface area contributed by atoms with Gasteiger partial charge in [-0.15, -0.1) is 0 Å². The van der Waals surface area contributed by atoms with Gasteiger partial charge in [0.05, 0.1) is 61.8 Å². The van der Waals surface area contributed by atoms with Crippen LogP contribution < -0.4 is 15.8 Å². The van der Waals surface area contributed by atoms with Crippen LogP contribution in [0.25, 0.3) is 0 Å². The Morgan fingerprint density at radius 3 is 2.39 bits per heavy atom. The number of ether oxygens (including phenoxy) is 7. The first-order chi connectivity index (χ1) is 28.6. The van der Waals surface area contributed by atoms with Crippen molar-refractivity contribution in [3.8, 4) is 5.75 Å². The number of aliphatic hydroxyl groups excluding tert-OH is 2. The van der Waals surface area contributed by atoms with Gasteiger partial charge in [0.2, 0.25) is 0 Å². The lowest BCUT2D eigenvalue weighted by molar-refractivity contribution is -0.303. The Kier molecular flexibility index (Phi) is 17.4. The molecule has 1 aromatic rings. The Hall–Kier alpha value is -3.61. The summed E-state index contributed by atoms with van der Waals surface area (Å²) in [6, 6.07) is 4.49. The number of carbonyl (C=O) groups excluding carboxylic acids is 3. The van der Waals surface area contributed by atoms with E-state index in [9.17, 15) is 29.7 Å². The number of nitrogens with one attached hydrogen (secondary N) is 1. The van der Waals surface area contributed by atoms with Crippen LogP contribution in [0.4, 0.5) is 4.79 Å². The van der Waals surface area contributed by atoms with E-state index in [0.29, 0.717) is 17.6 Å². The van der Waals surface area contributed by atoms with E-state index < -0.39 is 83.7 Å². The second-order valence-corrected chi connectivity index (χ2v) is 17.9. The van der Waals surface area contributed by atoms with Crippen molar-refractivity contribution in [2.24, 2.45) is 29.4 Å². The number of primary amides is 1. The monoisotopic (exact) mass is 861 g/mol. The first-order valence-corrected chi connectivity index (χ1v) is 21.3. The number of fused-ring (bicyclic) bond motifs is 5. The second-order valence-electron chi connectivity index (χ2n) is 17.9. The molecule has 2 bridgehead atoms. The fourth-order valence-electron chi connectivity index (χ4n) is 9.26.